The van der Waals surface area contributed by atoms with E-state index in [1.165, 1.54) is 6.92 Å². The zero-order chi connectivity index (χ0) is 9.35. The molecule has 1 aromatic heterocycles. The van der Waals surface area contributed by atoms with E-state index in [0.29, 0.717) is 6.20 Å². The van der Waals surface area contributed by atoms with Crippen LogP contribution in [0.2, 0.25) is 5.15 Å². The van der Waals surface area contributed by atoms with Crippen molar-refractivity contribution in [3.63, 3.8) is 0 Å². The van der Waals surface area contributed by atoms with Gasteiger partial charge in [0.15, 0.2) is 5.69 Å². The lowest BCUT2D eigenvalue weighted by Gasteiger charge is -2.05. The third-order valence-corrected chi connectivity index (χ3v) is 1.55. The van der Waals surface area contributed by atoms with Crippen LogP contribution in [0.4, 0.5) is 13.2 Å². The maximum atomic E-state index is 12.0. The van der Waals surface area contributed by atoms with Crippen molar-refractivity contribution in [2.45, 2.75) is 13.1 Å². The number of hydrogen-bond donors (Lipinski definition) is 0. The van der Waals surface area contributed by atoms with Crippen LogP contribution in [-0.4, -0.2) is 9.97 Å². The smallest absolute Gasteiger partial charge is 0.244 e. The van der Waals surface area contributed by atoms with Gasteiger partial charge in [0.2, 0.25) is 0 Å². The number of halogens is 4. The highest BCUT2D eigenvalue weighted by molar-refractivity contribution is 6.29. The highest BCUT2D eigenvalue weighted by Crippen LogP contribution is 2.27. The third-order valence-electron chi connectivity index (χ3n) is 1.18. The van der Waals surface area contributed by atoms with Crippen LogP contribution in [0.1, 0.15) is 11.4 Å². The predicted molar refractivity (Wildman–Crippen MR) is 36.8 cm³/mol. The number of hydrogen-bond acceptors (Lipinski definition) is 2. The summed E-state index contributed by atoms with van der Waals surface area (Å²) in [7, 11) is 0. The van der Waals surface area contributed by atoms with Crippen molar-refractivity contribution in [3.05, 3.63) is 22.7 Å². The molecule has 1 heterocycles. The SMILES string of the molecule is Cc1nc(C(F)(F)F)cnc1Cl. The molecule has 0 aromatic carbocycles. The normalized spacial score (nSPS) is 11.8. The van der Waals surface area contributed by atoms with Gasteiger partial charge in [-0.1, -0.05) is 11.6 Å². The summed E-state index contributed by atoms with van der Waals surface area (Å²) < 4.78 is 35.9. The molecule has 0 saturated carbocycles. The average Bonchev–Trinajstić information content (AvgIpc) is 1.92. The average molecular weight is 197 g/mol. The molecule has 2 nitrogen and oxygen atoms in total. The van der Waals surface area contributed by atoms with Gasteiger partial charge in [-0.3, -0.25) is 0 Å². The molecule has 0 spiro atoms. The molecule has 0 aliphatic rings. The number of rotatable bonds is 0. The Bertz CT molecular complexity index is 297. The Kier molecular flexibility index (Phi) is 2.23. The highest BCUT2D eigenvalue weighted by Gasteiger charge is 2.33. The van der Waals surface area contributed by atoms with Gasteiger partial charge in [0, 0.05) is 0 Å². The number of nitrogens with zero attached hydrogens (tertiary/aromatic N) is 2. The van der Waals surface area contributed by atoms with Gasteiger partial charge in [-0.15, -0.1) is 0 Å². The van der Waals surface area contributed by atoms with E-state index in [-0.39, 0.29) is 10.8 Å². The van der Waals surface area contributed by atoms with Gasteiger partial charge in [0.25, 0.3) is 0 Å². The summed E-state index contributed by atoms with van der Waals surface area (Å²) >= 11 is 5.39. The Morgan fingerprint density at radius 3 is 2.42 bits per heavy atom. The molecule has 0 fully saturated rings. The van der Waals surface area contributed by atoms with E-state index in [9.17, 15) is 13.2 Å². The second-order valence-electron chi connectivity index (χ2n) is 2.13. The molecule has 0 N–H and O–H groups in total. The molecule has 0 bridgehead atoms. The van der Waals surface area contributed by atoms with E-state index in [1.54, 1.807) is 0 Å². The summed E-state index contributed by atoms with van der Waals surface area (Å²) in [5.74, 6) is 0. The summed E-state index contributed by atoms with van der Waals surface area (Å²) in [6, 6.07) is 0. The first-order valence-electron chi connectivity index (χ1n) is 2.97. The van der Waals surface area contributed by atoms with Crippen LogP contribution < -0.4 is 0 Å². The summed E-state index contributed by atoms with van der Waals surface area (Å²) in [5.41, 5.74) is -0.948. The van der Waals surface area contributed by atoms with Crippen LogP contribution >= 0.6 is 11.6 Å². The van der Waals surface area contributed by atoms with E-state index in [1.807, 2.05) is 0 Å². The molecular weight excluding hydrogens is 193 g/mol. The van der Waals surface area contributed by atoms with Crippen LogP contribution in [-0.2, 0) is 6.18 Å². The maximum absolute atomic E-state index is 12.0. The molecular formula is C6H4ClF3N2. The first-order valence-corrected chi connectivity index (χ1v) is 3.35. The van der Waals surface area contributed by atoms with Crippen molar-refractivity contribution in [2.75, 3.05) is 0 Å². The molecule has 1 rings (SSSR count). The molecule has 0 aliphatic heterocycles. The van der Waals surface area contributed by atoms with Crippen molar-refractivity contribution in [2.24, 2.45) is 0 Å². The van der Waals surface area contributed by atoms with E-state index in [2.05, 4.69) is 9.97 Å². The molecule has 0 unspecified atom stereocenters. The van der Waals surface area contributed by atoms with Crippen LogP contribution in [0, 0.1) is 6.92 Å². The molecule has 0 saturated heterocycles. The van der Waals surface area contributed by atoms with Crippen molar-refractivity contribution in [1.82, 2.24) is 9.97 Å². The fourth-order valence-electron chi connectivity index (χ4n) is 0.603. The number of aryl methyl sites for hydroxylation is 1. The fraction of sp³-hybridized carbons (Fsp3) is 0.333. The highest BCUT2D eigenvalue weighted by atomic mass is 35.5. The quantitative estimate of drug-likeness (QED) is 0.637. The summed E-state index contributed by atoms with van der Waals surface area (Å²) in [4.78, 5) is 6.55. The number of alkyl halides is 3. The lowest BCUT2D eigenvalue weighted by atomic mass is 10.4. The van der Waals surface area contributed by atoms with Gasteiger partial charge in [-0.25, -0.2) is 9.97 Å². The van der Waals surface area contributed by atoms with Crippen molar-refractivity contribution in [1.29, 1.82) is 0 Å². The zero-order valence-electron chi connectivity index (χ0n) is 5.98. The van der Waals surface area contributed by atoms with Crippen LogP contribution in [0.15, 0.2) is 6.20 Å². The zero-order valence-corrected chi connectivity index (χ0v) is 6.74. The van der Waals surface area contributed by atoms with Crippen molar-refractivity contribution in [3.8, 4) is 0 Å². The van der Waals surface area contributed by atoms with Crippen molar-refractivity contribution < 1.29 is 13.2 Å². The first kappa shape index (κ1) is 9.25. The van der Waals surface area contributed by atoms with E-state index < -0.39 is 11.9 Å². The van der Waals surface area contributed by atoms with Crippen LogP contribution in [0.5, 0.6) is 0 Å². The van der Waals surface area contributed by atoms with Crippen molar-refractivity contribution >= 4 is 11.6 Å². The minimum absolute atomic E-state index is 0.0111. The molecule has 12 heavy (non-hydrogen) atoms. The Labute approximate surface area is 71.4 Å². The van der Waals surface area contributed by atoms with E-state index >= 15 is 0 Å². The predicted octanol–water partition coefficient (Wildman–Crippen LogP) is 2.46. The fourth-order valence-corrected chi connectivity index (χ4v) is 0.695. The van der Waals surface area contributed by atoms with Gasteiger partial charge < -0.3 is 0 Å². The Morgan fingerprint density at radius 1 is 1.42 bits per heavy atom. The first-order chi connectivity index (χ1) is 5.41. The van der Waals surface area contributed by atoms with Gasteiger partial charge in [-0.05, 0) is 6.92 Å². The molecule has 0 atom stereocenters. The Balaban J connectivity index is 3.14. The summed E-state index contributed by atoms with van der Waals surface area (Å²) in [6.45, 7) is 1.37. The lowest BCUT2D eigenvalue weighted by Crippen LogP contribution is -2.09. The van der Waals surface area contributed by atoms with Crippen LogP contribution in [0.3, 0.4) is 0 Å². The molecule has 66 valence electrons. The third kappa shape index (κ3) is 1.85. The summed E-state index contributed by atoms with van der Waals surface area (Å²) in [6.07, 6.45) is -3.85. The molecule has 1 aromatic rings. The maximum Gasteiger partial charge on any atom is 0.434 e. The standard InChI is InChI=1S/C6H4ClF3N2/c1-3-5(7)11-2-4(12-3)6(8,9)10/h2H,1H3. The van der Waals surface area contributed by atoms with Crippen LogP contribution in [0.25, 0.3) is 0 Å². The molecule has 0 aliphatic carbocycles. The van der Waals surface area contributed by atoms with Gasteiger partial charge in [0.1, 0.15) is 5.15 Å². The molecule has 0 radical (unpaired) electrons. The summed E-state index contributed by atoms with van der Waals surface area (Å²) in [5, 5.41) is -0.0111. The van der Waals surface area contributed by atoms with Gasteiger partial charge in [0.05, 0.1) is 11.9 Å². The van der Waals surface area contributed by atoms with Gasteiger partial charge in [-0.2, -0.15) is 13.2 Å². The molecule has 6 heteroatoms. The molecule has 0 amide bonds. The van der Waals surface area contributed by atoms with E-state index in [0.717, 1.165) is 0 Å². The Hall–Kier alpha value is -0.840. The minimum Gasteiger partial charge on any atom is -0.244 e. The Morgan fingerprint density at radius 2 is 2.00 bits per heavy atom. The minimum atomic E-state index is -4.46. The van der Waals surface area contributed by atoms with Gasteiger partial charge >= 0.3 is 6.18 Å². The van der Waals surface area contributed by atoms with E-state index in [4.69, 9.17) is 11.6 Å². The topological polar surface area (TPSA) is 25.8 Å². The number of aromatic nitrogens is 2. The largest absolute Gasteiger partial charge is 0.434 e. The lowest BCUT2D eigenvalue weighted by molar-refractivity contribution is -0.141. The monoisotopic (exact) mass is 196 g/mol. The second-order valence-corrected chi connectivity index (χ2v) is 2.49. The second kappa shape index (κ2) is 2.90.